The summed E-state index contributed by atoms with van der Waals surface area (Å²) in [5.74, 6) is 0.0390. The summed E-state index contributed by atoms with van der Waals surface area (Å²) in [7, 11) is 0. The van der Waals surface area contributed by atoms with E-state index in [2.05, 4.69) is 15.9 Å². The highest BCUT2D eigenvalue weighted by molar-refractivity contribution is 9.08. The largest absolute Gasteiger partial charge is 0.459 e. The van der Waals surface area contributed by atoms with Crippen molar-refractivity contribution in [1.29, 1.82) is 0 Å². The van der Waals surface area contributed by atoms with Gasteiger partial charge in [0, 0.05) is 5.56 Å². The van der Waals surface area contributed by atoms with Gasteiger partial charge in [0.2, 0.25) is 5.43 Å². The average Bonchev–Trinajstić information content (AvgIpc) is 2.55. The number of hydrogen-bond acceptors (Lipinski definition) is 3. The molecule has 2 aromatic carbocycles. The molecule has 21 heavy (non-hydrogen) atoms. The van der Waals surface area contributed by atoms with Gasteiger partial charge in [0.15, 0.2) is 5.78 Å². The Morgan fingerprint density at radius 1 is 1.00 bits per heavy atom. The molecule has 1 aromatic heterocycles. The monoisotopic (exact) mass is 342 g/mol. The molecule has 3 nitrogen and oxygen atoms in total. The van der Waals surface area contributed by atoms with E-state index in [9.17, 15) is 9.59 Å². The normalized spacial score (nSPS) is 10.7. The fourth-order valence-electron chi connectivity index (χ4n) is 2.25. The van der Waals surface area contributed by atoms with Gasteiger partial charge in [0.25, 0.3) is 0 Å². The molecule has 0 saturated carbocycles. The van der Waals surface area contributed by atoms with Crippen molar-refractivity contribution in [3.63, 3.8) is 0 Å². The maximum atomic E-state index is 12.6. The number of alkyl halides is 1. The maximum absolute atomic E-state index is 12.6. The van der Waals surface area contributed by atoms with Crippen LogP contribution < -0.4 is 5.43 Å². The maximum Gasteiger partial charge on any atom is 0.204 e. The van der Waals surface area contributed by atoms with Gasteiger partial charge < -0.3 is 4.42 Å². The fourth-order valence-corrected chi connectivity index (χ4v) is 2.64. The Balaban J connectivity index is 2.29. The van der Waals surface area contributed by atoms with Crippen LogP contribution in [0.5, 0.6) is 0 Å². The van der Waals surface area contributed by atoms with E-state index in [4.69, 9.17) is 4.42 Å². The highest BCUT2D eigenvalue weighted by Gasteiger charge is 2.21. The van der Waals surface area contributed by atoms with E-state index >= 15 is 0 Å². The van der Waals surface area contributed by atoms with Crippen molar-refractivity contribution in [3.8, 4) is 0 Å². The smallest absolute Gasteiger partial charge is 0.204 e. The van der Waals surface area contributed by atoms with Crippen LogP contribution in [0.4, 0.5) is 0 Å². The summed E-state index contributed by atoms with van der Waals surface area (Å²) >= 11 is 3.28. The lowest BCUT2D eigenvalue weighted by molar-refractivity contribution is 0.103. The first-order chi connectivity index (χ1) is 10.2. The van der Waals surface area contributed by atoms with E-state index in [1.54, 1.807) is 48.5 Å². The Morgan fingerprint density at radius 2 is 1.67 bits per heavy atom. The van der Waals surface area contributed by atoms with E-state index in [0.29, 0.717) is 27.6 Å². The molecule has 0 amide bonds. The van der Waals surface area contributed by atoms with Crippen LogP contribution in [0.15, 0.2) is 63.8 Å². The van der Waals surface area contributed by atoms with Gasteiger partial charge in [-0.05, 0) is 12.1 Å². The highest BCUT2D eigenvalue weighted by Crippen LogP contribution is 2.20. The topological polar surface area (TPSA) is 47.3 Å². The van der Waals surface area contributed by atoms with Crippen LogP contribution in [0.25, 0.3) is 11.0 Å². The van der Waals surface area contributed by atoms with Crippen molar-refractivity contribution in [2.24, 2.45) is 0 Å². The van der Waals surface area contributed by atoms with Gasteiger partial charge in [-0.1, -0.05) is 58.4 Å². The minimum absolute atomic E-state index is 0.0942. The van der Waals surface area contributed by atoms with E-state index in [1.807, 2.05) is 6.07 Å². The Morgan fingerprint density at radius 3 is 2.38 bits per heavy atom. The summed E-state index contributed by atoms with van der Waals surface area (Å²) in [5.41, 5.74) is 0.765. The number of fused-ring (bicyclic) bond motifs is 1. The first-order valence-electron chi connectivity index (χ1n) is 6.43. The van der Waals surface area contributed by atoms with Crippen molar-refractivity contribution < 1.29 is 9.21 Å². The van der Waals surface area contributed by atoms with Crippen LogP contribution in [0.1, 0.15) is 21.7 Å². The first-order valence-corrected chi connectivity index (χ1v) is 7.55. The van der Waals surface area contributed by atoms with Crippen LogP contribution in [0.2, 0.25) is 0 Å². The zero-order valence-corrected chi connectivity index (χ0v) is 12.6. The number of ketones is 1. The molecule has 3 aromatic rings. The molecule has 0 unspecified atom stereocenters. The molecule has 0 radical (unpaired) electrons. The molecule has 0 atom stereocenters. The molecule has 0 N–H and O–H groups in total. The molecule has 0 aliphatic rings. The van der Waals surface area contributed by atoms with Gasteiger partial charge in [-0.25, -0.2) is 0 Å². The third-order valence-corrected chi connectivity index (χ3v) is 3.76. The summed E-state index contributed by atoms with van der Waals surface area (Å²) in [6, 6.07) is 15.7. The lowest BCUT2D eigenvalue weighted by atomic mass is 10.0. The van der Waals surface area contributed by atoms with Gasteiger partial charge >= 0.3 is 0 Å². The van der Waals surface area contributed by atoms with Crippen molar-refractivity contribution in [3.05, 3.63) is 81.7 Å². The summed E-state index contributed by atoms with van der Waals surface area (Å²) in [6.45, 7) is 0. The Bertz CT molecular complexity index is 866. The highest BCUT2D eigenvalue weighted by atomic mass is 79.9. The van der Waals surface area contributed by atoms with Gasteiger partial charge in [-0.15, -0.1) is 0 Å². The molecule has 0 saturated heterocycles. The number of carbonyl (C=O) groups is 1. The van der Waals surface area contributed by atoms with E-state index in [-0.39, 0.29) is 16.8 Å². The number of para-hydroxylation sites is 1. The summed E-state index contributed by atoms with van der Waals surface area (Å²) < 4.78 is 5.70. The SMILES string of the molecule is O=C(c1ccccc1)c1c(CBr)oc2ccccc2c1=O. The van der Waals surface area contributed by atoms with E-state index < -0.39 is 0 Å². The van der Waals surface area contributed by atoms with Gasteiger partial charge in [0.1, 0.15) is 16.9 Å². The number of benzene rings is 2. The van der Waals surface area contributed by atoms with Crippen LogP contribution in [0.3, 0.4) is 0 Å². The Hall–Kier alpha value is -2.20. The van der Waals surface area contributed by atoms with Crippen molar-refractivity contribution >= 4 is 32.7 Å². The average molecular weight is 343 g/mol. The van der Waals surface area contributed by atoms with Gasteiger partial charge in [-0.3, -0.25) is 9.59 Å². The van der Waals surface area contributed by atoms with Crippen LogP contribution in [0, 0.1) is 0 Å². The summed E-state index contributed by atoms with van der Waals surface area (Å²) in [5, 5.41) is 0.725. The molecular weight excluding hydrogens is 332 g/mol. The predicted octanol–water partition coefficient (Wildman–Crippen LogP) is 3.92. The first kappa shape index (κ1) is 13.8. The lowest BCUT2D eigenvalue weighted by Crippen LogP contribution is -2.18. The fraction of sp³-hybridized carbons (Fsp3) is 0.0588. The van der Waals surface area contributed by atoms with Gasteiger partial charge in [0.05, 0.1) is 10.7 Å². The van der Waals surface area contributed by atoms with E-state index in [0.717, 1.165) is 0 Å². The zero-order valence-electron chi connectivity index (χ0n) is 11.0. The minimum atomic E-state index is -0.315. The van der Waals surface area contributed by atoms with Crippen LogP contribution >= 0.6 is 15.9 Å². The Kier molecular flexibility index (Phi) is 3.71. The number of halogens is 1. The standard InChI is InChI=1S/C17H11BrO3/c18-10-14-15(16(19)11-6-2-1-3-7-11)17(20)12-8-4-5-9-13(12)21-14/h1-9H,10H2. The molecule has 104 valence electrons. The van der Waals surface area contributed by atoms with Crippen molar-refractivity contribution in [2.45, 2.75) is 5.33 Å². The third-order valence-electron chi connectivity index (χ3n) is 3.26. The second-order valence-electron chi connectivity index (χ2n) is 4.55. The number of carbonyl (C=O) groups excluding carboxylic acids is 1. The summed E-state index contributed by atoms with van der Waals surface area (Å²) in [4.78, 5) is 25.2. The molecule has 0 bridgehead atoms. The van der Waals surface area contributed by atoms with Crippen LogP contribution in [-0.4, -0.2) is 5.78 Å². The van der Waals surface area contributed by atoms with Gasteiger partial charge in [-0.2, -0.15) is 0 Å². The second-order valence-corrected chi connectivity index (χ2v) is 5.12. The Labute approximate surface area is 129 Å². The molecule has 0 aliphatic carbocycles. The number of rotatable bonds is 3. The molecule has 1 heterocycles. The van der Waals surface area contributed by atoms with Crippen molar-refractivity contribution in [2.75, 3.05) is 0 Å². The van der Waals surface area contributed by atoms with Crippen LogP contribution in [-0.2, 0) is 5.33 Å². The molecular formula is C17H11BrO3. The molecule has 0 aliphatic heterocycles. The second kappa shape index (κ2) is 5.66. The molecule has 3 rings (SSSR count). The zero-order chi connectivity index (χ0) is 14.8. The lowest BCUT2D eigenvalue weighted by Gasteiger charge is -2.07. The number of hydrogen-bond donors (Lipinski definition) is 0. The van der Waals surface area contributed by atoms with Crippen molar-refractivity contribution in [1.82, 2.24) is 0 Å². The molecule has 0 fully saturated rings. The third kappa shape index (κ3) is 2.43. The molecule has 4 heteroatoms. The van der Waals surface area contributed by atoms with E-state index in [1.165, 1.54) is 0 Å². The predicted molar refractivity (Wildman–Crippen MR) is 85.0 cm³/mol. The summed E-state index contributed by atoms with van der Waals surface area (Å²) in [6.07, 6.45) is 0. The quantitative estimate of drug-likeness (QED) is 0.535. The molecule has 0 spiro atoms. The minimum Gasteiger partial charge on any atom is -0.459 e.